The van der Waals surface area contributed by atoms with E-state index in [2.05, 4.69) is 29.1 Å². The normalized spacial score (nSPS) is 24.8. The lowest BCUT2D eigenvalue weighted by Gasteiger charge is -2.24. The first kappa shape index (κ1) is 12.1. The van der Waals surface area contributed by atoms with E-state index in [9.17, 15) is 4.79 Å². The molecule has 1 amide bonds. The van der Waals surface area contributed by atoms with Crippen molar-refractivity contribution in [3.05, 3.63) is 12.5 Å². The van der Waals surface area contributed by atoms with Crippen molar-refractivity contribution in [2.24, 2.45) is 5.41 Å². The SMILES string of the molecule is CNC1CC(C)(C)CCN(c2c[nH]cn2)C1=O. The third kappa shape index (κ3) is 2.49. The molecule has 1 aromatic heterocycles. The molecule has 0 aromatic carbocycles. The molecular formula is C12H20N4O. The lowest BCUT2D eigenvalue weighted by molar-refractivity contribution is -0.120. The molecule has 1 fully saturated rings. The first-order valence-electron chi connectivity index (χ1n) is 6.01. The summed E-state index contributed by atoms with van der Waals surface area (Å²) in [5.41, 5.74) is 0.175. The summed E-state index contributed by atoms with van der Waals surface area (Å²) in [6, 6.07) is -0.121. The van der Waals surface area contributed by atoms with Crippen LogP contribution in [-0.2, 0) is 4.79 Å². The lowest BCUT2D eigenvalue weighted by Crippen LogP contribution is -2.44. The van der Waals surface area contributed by atoms with Gasteiger partial charge in [0.25, 0.3) is 0 Å². The van der Waals surface area contributed by atoms with E-state index in [4.69, 9.17) is 0 Å². The second-order valence-electron chi connectivity index (χ2n) is 5.38. The topological polar surface area (TPSA) is 61.0 Å². The molecule has 2 heterocycles. The summed E-state index contributed by atoms with van der Waals surface area (Å²) in [7, 11) is 1.84. The highest BCUT2D eigenvalue weighted by Gasteiger charge is 2.35. The van der Waals surface area contributed by atoms with Gasteiger partial charge in [-0.1, -0.05) is 13.8 Å². The maximum absolute atomic E-state index is 12.4. The Morgan fingerprint density at radius 1 is 1.59 bits per heavy atom. The zero-order chi connectivity index (χ0) is 12.5. The number of carbonyl (C=O) groups excluding carboxylic acids is 1. The Balaban J connectivity index is 2.26. The van der Waals surface area contributed by atoms with Gasteiger partial charge in [-0.25, -0.2) is 4.98 Å². The van der Waals surface area contributed by atoms with E-state index < -0.39 is 0 Å². The van der Waals surface area contributed by atoms with Crippen LogP contribution in [0.4, 0.5) is 5.82 Å². The Morgan fingerprint density at radius 2 is 2.35 bits per heavy atom. The van der Waals surface area contributed by atoms with E-state index in [-0.39, 0.29) is 17.4 Å². The fourth-order valence-electron chi connectivity index (χ4n) is 2.31. The van der Waals surface area contributed by atoms with Gasteiger partial charge in [0.15, 0.2) is 5.82 Å². The second kappa shape index (κ2) is 4.49. The summed E-state index contributed by atoms with van der Waals surface area (Å²) in [5.74, 6) is 0.832. The number of rotatable bonds is 2. The zero-order valence-corrected chi connectivity index (χ0v) is 10.7. The summed E-state index contributed by atoms with van der Waals surface area (Å²) in [5, 5.41) is 3.11. The molecule has 1 saturated heterocycles. The van der Waals surface area contributed by atoms with Gasteiger partial charge in [-0.3, -0.25) is 9.69 Å². The maximum Gasteiger partial charge on any atom is 0.245 e. The molecule has 2 rings (SSSR count). The third-order valence-corrected chi connectivity index (χ3v) is 3.44. The number of nitrogens with one attached hydrogen (secondary N) is 2. The van der Waals surface area contributed by atoms with Crippen molar-refractivity contribution < 1.29 is 4.79 Å². The van der Waals surface area contributed by atoms with Crippen molar-refractivity contribution >= 4 is 11.7 Å². The fourth-order valence-corrected chi connectivity index (χ4v) is 2.31. The number of imidazole rings is 1. The average Bonchev–Trinajstić information content (AvgIpc) is 2.75. The predicted octanol–water partition coefficient (Wildman–Crippen LogP) is 1.15. The number of anilines is 1. The molecule has 17 heavy (non-hydrogen) atoms. The molecule has 1 atom stereocenters. The van der Waals surface area contributed by atoms with Gasteiger partial charge < -0.3 is 10.3 Å². The van der Waals surface area contributed by atoms with Gasteiger partial charge in [-0.2, -0.15) is 0 Å². The lowest BCUT2D eigenvalue weighted by atomic mass is 9.83. The molecular weight excluding hydrogens is 216 g/mol. The minimum Gasteiger partial charge on any atom is -0.349 e. The number of aromatic nitrogens is 2. The molecule has 5 heteroatoms. The van der Waals surface area contributed by atoms with Gasteiger partial charge >= 0.3 is 0 Å². The van der Waals surface area contributed by atoms with E-state index in [1.54, 1.807) is 17.4 Å². The fraction of sp³-hybridized carbons (Fsp3) is 0.667. The number of likely N-dealkylation sites (N-methyl/N-ethyl adjacent to an activating group) is 1. The van der Waals surface area contributed by atoms with Crippen molar-refractivity contribution in [3.63, 3.8) is 0 Å². The Labute approximate surface area is 102 Å². The van der Waals surface area contributed by atoms with Gasteiger partial charge in [0.1, 0.15) is 0 Å². The minimum absolute atomic E-state index is 0.116. The summed E-state index contributed by atoms with van der Waals surface area (Å²) in [4.78, 5) is 21.2. The highest BCUT2D eigenvalue weighted by molar-refractivity contribution is 5.96. The zero-order valence-electron chi connectivity index (χ0n) is 10.7. The smallest absolute Gasteiger partial charge is 0.245 e. The highest BCUT2D eigenvalue weighted by Crippen LogP contribution is 2.31. The first-order chi connectivity index (χ1) is 8.03. The number of aromatic amines is 1. The Morgan fingerprint density at radius 3 is 2.94 bits per heavy atom. The summed E-state index contributed by atoms with van der Waals surface area (Å²) in [6.45, 7) is 5.15. The Kier molecular flexibility index (Phi) is 3.19. The van der Waals surface area contributed by atoms with Gasteiger partial charge in [-0.05, 0) is 25.3 Å². The van der Waals surface area contributed by atoms with Crippen molar-refractivity contribution in [2.45, 2.75) is 32.7 Å². The van der Waals surface area contributed by atoms with Gasteiger partial charge in [0.05, 0.1) is 12.4 Å². The van der Waals surface area contributed by atoms with Crippen LogP contribution in [0.15, 0.2) is 12.5 Å². The van der Waals surface area contributed by atoms with Crippen LogP contribution in [0.25, 0.3) is 0 Å². The predicted molar refractivity (Wildman–Crippen MR) is 66.8 cm³/mol. The number of H-pyrrole nitrogens is 1. The molecule has 0 spiro atoms. The third-order valence-electron chi connectivity index (χ3n) is 3.44. The number of amides is 1. The van der Waals surface area contributed by atoms with Crippen LogP contribution in [0.1, 0.15) is 26.7 Å². The molecule has 94 valence electrons. The molecule has 1 unspecified atom stereocenters. The quantitative estimate of drug-likeness (QED) is 0.809. The number of carbonyl (C=O) groups is 1. The first-order valence-corrected chi connectivity index (χ1v) is 6.01. The molecule has 1 aromatic rings. The largest absolute Gasteiger partial charge is 0.349 e. The van der Waals surface area contributed by atoms with Crippen LogP contribution >= 0.6 is 0 Å². The molecule has 2 N–H and O–H groups in total. The average molecular weight is 236 g/mol. The summed E-state index contributed by atoms with van der Waals surface area (Å²) < 4.78 is 0. The molecule has 1 aliphatic rings. The van der Waals surface area contributed by atoms with E-state index >= 15 is 0 Å². The summed E-state index contributed by atoms with van der Waals surface area (Å²) in [6.07, 6.45) is 5.23. The van der Waals surface area contributed by atoms with Crippen LogP contribution in [-0.4, -0.2) is 35.5 Å². The summed E-state index contributed by atoms with van der Waals surface area (Å²) >= 11 is 0. The van der Waals surface area contributed by atoms with E-state index in [0.717, 1.165) is 19.4 Å². The maximum atomic E-state index is 12.4. The minimum atomic E-state index is -0.121. The van der Waals surface area contributed by atoms with Crippen molar-refractivity contribution in [1.29, 1.82) is 0 Å². The standard InChI is InChI=1S/C12H20N4O/c1-12(2)4-5-16(10-7-14-8-15-10)11(17)9(6-12)13-3/h7-9,13H,4-6H2,1-3H3,(H,14,15). The Bertz CT molecular complexity index is 385. The van der Waals surface area contributed by atoms with Crippen LogP contribution < -0.4 is 10.2 Å². The van der Waals surface area contributed by atoms with E-state index in [0.29, 0.717) is 5.82 Å². The van der Waals surface area contributed by atoms with Crippen LogP contribution in [0.5, 0.6) is 0 Å². The van der Waals surface area contributed by atoms with E-state index in [1.165, 1.54) is 0 Å². The van der Waals surface area contributed by atoms with Gasteiger partial charge in [0.2, 0.25) is 5.91 Å². The van der Waals surface area contributed by atoms with Crippen molar-refractivity contribution in [2.75, 3.05) is 18.5 Å². The molecule has 5 nitrogen and oxygen atoms in total. The van der Waals surface area contributed by atoms with Crippen molar-refractivity contribution in [3.8, 4) is 0 Å². The van der Waals surface area contributed by atoms with Crippen molar-refractivity contribution in [1.82, 2.24) is 15.3 Å². The molecule has 0 aliphatic carbocycles. The van der Waals surface area contributed by atoms with Gasteiger partial charge in [0, 0.05) is 12.7 Å². The molecule has 0 saturated carbocycles. The number of hydrogen-bond acceptors (Lipinski definition) is 3. The van der Waals surface area contributed by atoms with Crippen LogP contribution in [0.3, 0.4) is 0 Å². The molecule has 0 bridgehead atoms. The molecule has 1 aliphatic heterocycles. The second-order valence-corrected chi connectivity index (χ2v) is 5.38. The highest BCUT2D eigenvalue weighted by atomic mass is 16.2. The molecule has 0 radical (unpaired) electrons. The van der Waals surface area contributed by atoms with Crippen LogP contribution in [0, 0.1) is 5.41 Å². The van der Waals surface area contributed by atoms with Gasteiger partial charge in [-0.15, -0.1) is 0 Å². The van der Waals surface area contributed by atoms with Crippen LogP contribution in [0.2, 0.25) is 0 Å². The Hall–Kier alpha value is -1.36. The number of hydrogen-bond donors (Lipinski definition) is 2. The monoisotopic (exact) mass is 236 g/mol. The number of nitrogens with zero attached hydrogens (tertiary/aromatic N) is 2. The van der Waals surface area contributed by atoms with E-state index in [1.807, 2.05) is 7.05 Å².